The summed E-state index contributed by atoms with van der Waals surface area (Å²) in [7, 11) is 2.34. The zero-order valence-electron chi connectivity index (χ0n) is 11.9. The number of likely N-dealkylation sites (tertiary alicyclic amines) is 1. The van der Waals surface area contributed by atoms with Gasteiger partial charge in [-0.05, 0) is 77.7 Å². The van der Waals surface area contributed by atoms with Crippen LogP contribution in [0.3, 0.4) is 0 Å². The number of nitrogens with zero attached hydrogens (tertiary/aromatic N) is 2. The van der Waals surface area contributed by atoms with Crippen LogP contribution in [0.15, 0.2) is 0 Å². The molecule has 3 heterocycles. The molecule has 0 spiro atoms. The number of hydrogen-bond donors (Lipinski definition) is 1. The summed E-state index contributed by atoms with van der Waals surface area (Å²) in [6.07, 6.45) is 8.54. The van der Waals surface area contributed by atoms with Crippen molar-refractivity contribution in [1.29, 1.82) is 0 Å². The number of likely N-dealkylation sites (N-methyl/N-ethyl adjacent to an activating group) is 1. The number of hydrogen-bond acceptors (Lipinski definition) is 3. The van der Waals surface area contributed by atoms with Crippen LogP contribution in [0, 0.1) is 5.92 Å². The molecule has 0 aliphatic carbocycles. The highest BCUT2D eigenvalue weighted by atomic mass is 15.3. The topological polar surface area (TPSA) is 18.5 Å². The largest absolute Gasteiger partial charge is 0.316 e. The van der Waals surface area contributed by atoms with Crippen LogP contribution in [0.5, 0.6) is 0 Å². The molecule has 0 amide bonds. The summed E-state index contributed by atoms with van der Waals surface area (Å²) in [4.78, 5) is 5.39. The molecule has 3 atom stereocenters. The SMILES string of the molecule is CN1C2CCC1CN(CCCC1CCNC1)CC2. The zero-order chi connectivity index (χ0) is 12.4. The van der Waals surface area contributed by atoms with Crippen molar-refractivity contribution in [2.24, 2.45) is 5.92 Å². The molecule has 0 aromatic carbocycles. The normalized spacial score (nSPS) is 38.2. The molecule has 3 aliphatic rings. The minimum Gasteiger partial charge on any atom is -0.316 e. The molecule has 2 bridgehead atoms. The third-order valence-corrected chi connectivity index (χ3v) is 5.48. The Kier molecular flexibility index (Phi) is 4.22. The van der Waals surface area contributed by atoms with Gasteiger partial charge in [0.2, 0.25) is 0 Å². The lowest BCUT2D eigenvalue weighted by molar-refractivity contribution is 0.215. The third kappa shape index (κ3) is 2.89. The van der Waals surface area contributed by atoms with Gasteiger partial charge >= 0.3 is 0 Å². The first-order valence-corrected chi connectivity index (χ1v) is 7.98. The lowest BCUT2D eigenvalue weighted by Gasteiger charge is -2.25. The second-order valence-corrected chi connectivity index (χ2v) is 6.64. The Morgan fingerprint density at radius 2 is 2.00 bits per heavy atom. The van der Waals surface area contributed by atoms with Crippen molar-refractivity contribution >= 4 is 0 Å². The molecule has 1 N–H and O–H groups in total. The molecule has 3 rings (SSSR count). The second-order valence-electron chi connectivity index (χ2n) is 6.64. The van der Waals surface area contributed by atoms with Crippen molar-refractivity contribution in [2.75, 3.05) is 39.8 Å². The summed E-state index contributed by atoms with van der Waals surface area (Å²) in [6, 6.07) is 1.74. The molecule has 18 heavy (non-hydrogen) atoms. The van der Waals surface area contributed by atoms with E-state index in [1.54, 1.807) is 0 Å². The van der Waals surface area contributed by atoms with E-state index in [0.717, 1.165) is 18.0 Å². The van der Waals surface area contributed by atoms with Crippen molar-refractivity contribution in [2.45, 2.75) is 50.6 Å². The number of fused-ring (bicyclic) bond motifs is 2. The fourth-order valence-corrected chi connectivity index (χ4v) is 4.15. The maximum absolute atomic E-state index is 3.48. The Morgan fingerprint density at radius 3 is 2.83 bits per heavy atom. The van der Waals surface area contributed by atoms with Crippen LogP contribution < -0.4 is 5.32 Å². The van der Waals surface area contributed by atoms with E-state index in [-0.39, 0.29) is 0 Å². The van der Waals surface area contributed by atoms with E-state index < -0.39 is 0 Å². The molecule has 0 saturated carbocycles. The Labute approximate surface area is 112 Å². The number of nitrogens with one attached hydrogen (secondary N) is 1. The molecular weight excluding hydrogens is 222 g/mol. The van der Waals surface area contributed by atoms with Gasteiger partial charge in [-0.15, -0.1) is 0 Å². The van der Waals surface area contributed by atoms with E-state index in [9.17, 15) is 0 Å². The second kappa shape index (κ2) is 5.89. The van der Waals surface area contributed by atoms with Crippen molar-refractivity contribution in [1.82, 2.24) is 15.1 Å². The van der Waals surface area contributed by atoms with Gasteiger partial charge in [-0.25, -0.2) is 0 Å². The summed E-state index contributed by atoms with van der Waals surface area (Å²) in [6.45, 7) is 6.54. The predicted octanol–water partition coefficient (Wildman–Crippen LogP) is 1.54. The highest BCUT2D eigenvalue weighted by Crippen LogP contribution is 2.28. The Hall–Kier alpha value is -0.120. The lowest BCUT2D eigenvalue weighted by atomic mass is 10.0. The average molecular weight is 251 g/mol. The highest BCUT2D eigenvalue weighted by molar-refractivity contribution is 4.91. The van der Waals surface area contributed by atoms with Crippen molar-refractivity contribution in [3.8, 4) is 0 Å². The Morgan fingerprint density at radius 1 is 1.11 bits per heavy atom. The van der Waals surface area contributed by atoms with Crippen LogP contribution in [0.4, 0.5) is 0 Å². The fraction of sp³-hybridized carbons (Fsp3) is 1.00. The molecular formula is C15H29N3. The van der Waals surface area contributed by atoms with E-state index in [0.29, 0.717) is 0 Å². The molecule has 3 saturated heterocycles. The Balaban J connectivity index is 1.40. The van der Waals surface area contributed by atoms with Gasteiger partial charge in [0.15, 0.2) is 0 Å². The fourth-order valence-electron chi connectivity index (χ4n) is 4.15. The maximum Gasteiger partial charge on any atom is 0.0223 e. The first-order chi connectivity index (χ1) is 8.83. The monoisotopic (exact) mass is 251 g/mol. The van der Waals surface area contributed by atoms with Crippen LogP contribution in [0.1, 0.15) is 38.5 Å². The average Bonchev–Trinajstić information content (AvgIpc) is 2.92. The summed E-state index contributed by atoms with van der Waals surface area (Å²) < 4.78 is 0. The maximum atomic E-state index is 3.48. The third-order valence-electron chi connectivity index (χ3n) is 5.48. The van der Waals surface area contributed by atoms with Gasteiger partial charge < -0.3 is 10.2 Å². The first kappa shape index (κ1) is 12.9. The van der Waals surface area contributed by atoms with Gasteiger partial charge in [0.1, 0.15) is 0 Å². The minimum atomic E-state index is 0.852. The number of rotatable bonds is 4. The first-order valence-electron chi connectivity index (χ1n) is 7.98. The standard InChI is InChI=1S/C15H29N3/c1-17-14-4-5-15(17)12-18(10-7-14)9-2-3-13-6-8-16-11-13/h13-16H,2-12H2,1H3. The molecule has 3 aliphatic heterocycles. The van der Waals surface area contributed by atoms with Gasteiger partial charge in [0, 0.05) is 18.6 Å². The quantitative estimate of drug-likeness (QED) is 0.818. The van der Waals surface area contributed by atoms with Gasteiger partial charge in [0.25, 0.3) is 0 Å². The van der Waals surface area contributed by atoms with Gasteiger partial charge in [-0.2, -0.15) is 0 Å². The van der Waals surface area contributed by atoms with Crippen molar-refractivity contribution in [3.63, 3.8) is 0 Å². The van der Waals surface area contributed by atoms with Crippen LogP contribution in [-0.4, -0.2) is 61.7 Å². The van der Waals surface area contributed by atoms with E-state index in [4.69, 9.17) is 0 Å². The van der Waals surface area contributed by atoms with E-state index in [1.807, 2.05) is 0 Å². The minimum absolute atomic E-state index is 0.852. The van der Waals surface area contributed by atoms with Crippen molar-refractivity contribution in [3.05, 3.63) is 0 Å². The van der Waals surface area contributed by atoms with Crippen LogP contribution in [-0.2, 0) is 0 Å². The lowest BCUT2D eigenvalue weighted by Crippen LogP contribution is -2.37. The molecule has 104 valence electrons. The molecule has 3 nitrogen and oxygen atoms in total. The molecule has 3 fully saturated rings. The van der Waals surface area contributed by atoms with Gasteiger partial charge in [-0.3, -0.25) is 4.90 Å². The predicted molar refractivity (Wildman–Crippen MR) is 75.8 cm³/mol. The van der Waals surface area contributed by atoms with Crippen LogP contribution >= 0.6 is 0 Å². The molecule has 3 unspecified atom stereocenters. The zero-order valence-corrected chi connectivity index (χ0v) is 11.9. The van der Waals surface area contributed by atoms with Crippen molar-refractivity contribution < 1.29 is 0 Å². The Bertz CT molecular complexity index is 262. The van der Waals surface area contributed by atoms with Crippen LogP contribution in [0.25, 0.3) is 0 Å². The van der Waals surface area contributed by atoms with E-state index in [2.05, 4.69) is 22.2 Å². The van der Waals surface area contributed by atoms with E-state index >= 15 is 0 Å². The summed E-state index contributed by atoms with van der Waals surface area (Å²) in [5.74, 6) is 0.969. The summed E-state index contributed by atoms with van der Waals surface area (Å²) in [5, 5.41) is 3.48. The summed E-state index contributed by atoms with van der Waals surface area (Å²) >= 11 is 0. The molecule has 3 heteroatoms. The molecule has 0 aromatic heterocycles. The highest BCUT2D eigenvalue weighted by Gasteiger charge is 2.34. The van der Waals surface area contributed by atoms with E-state index in [1.165, 1.54) is 71.2 Å². The molecule has 0 radical (unpaired) electrons. The van der Waals surface area contributed by atoms with Gasteiger partial charge in [0.05, 0.1) is 0 Å². The smallest absolute Gasteiger partial charge is 0.0223 e. The molecule has 0 aromatic rings. The van der Waals surface area contributed by atoms with Crippen LogP contribution in [0.2, 0.25) is 0 Å². The summed E-state index contributed by atoms with van der Waals surface area (Å²) in [5.41, 5.74) is 0. The van der Waals surface area contributed by atoms with Gasteiger partial charge in [-0.1, -0.05) is 0 Å².